The maximum atomic E-state index is 11.8. The molecule has 0 saturated carbocycles. The molecular formula is C13H13N3O3. The van der Waals surface area contributed by atoms with Gasteiger partial charge in [-0.25, -0.2) is 0 Å². The molecule has 1 aromatic heterocycles. The summed E-state index contributed by atoms with van der Waals surface area (Å²) in [4.78, 5) is 11.8. The van der Waals surface area contributed by atoms with Gasteiger partial charge in [-0.15, -0.1) is 0 Å². The highest BCUT2D eigenvalue weighted by Crippen LogP contribution is 2.12. The molecule has 0 aliphatic rings. The van der Waals surface area contributed by atoms with E-state index in [2.05, 4.69) is 15.6 Å². The summed E-state index contributed by atoms with van der Waals surface area (Å²) in [5.74, 6) is 0.243. The molecule has 6 nitrogen and oxygen atoms in total. The Morgan fingerprint density at radius 2 is 2.05 bits per heavy atom. The highest BCUT2D eigenvalue weighted by atomic mass is 16.5. The smallest absolute Gasteiger partial charge is 0.277 e. The van der Waals surface area contributed by atoms with Crippen LogP contribution >= 0.6 is 0 Å². The van der Waals surface area contributed by atoms with Gasteiger partial charge in [-0.05, 0) is 31.5 Å². The van der Waals surface area contributed by atoms with Gasteiger partial charge in [0, 0.05) is 11.8 Å². The van der Waals surface area contributed by atoms with Crippen LogP contribution in [0.3, 0.4) is 0 Å². The van der Waals surface area contributed by atoms with Gasteiger partial charge in [-0.1, -0.05) is 22.4 Å². The Morgan fingerprint density at radius 3 is 2.58 bits per heavy atom. The second kappa shape index (κ2) is 5.34. The first-order valence-electron chi connectivity index (χ1n) is 5.64. The molecular weight excluding hydrogens is 246 g/mol. The summed E-state index contributed by atoms with van der Waals surface area (Å²) in [6.07, 6.45) is 0. The molecule has 0 aliphatic carbocycles. The Balaban J connectivity index is 2.10. The summed E-state index contributed by atoms with van der Waals surface area (Å²) in [7, 11) is 0. The Morgan fingerprint density at radius 1 is 1.37 bits per heavy atom. The molecule has 19 heavy (non-hydrogen) atoms. The highest BCUT2D eigenvalue weighted by molar-refractivity contribution is 6.03. The predicted octanol–water partition coefficient (Wildman–Crippen LogP) is 2.43. The third-order valence-electron chi connectivity index (χ3n) is 2.57. The van der Waals surface area contributed by atoms with E-state index in [9.17, 15) is 4.79 Å². The molecule has 1 heterocycles. The Kier molecular flexibility index (Phi) is 3.61. The van der Waals surface area contributed by atoms with Crippen molar-refractivity contribution in [1.29, 1.82) is 0 Å². The minimum absolute atomic E-state index is 0.231. The van der Waals surface area contributed by atoms with E-state index in [1.807, 2.05) is 0 Å². The molecule has 1 aromatic carbocycles. The van der Waals surface area contributed by atoms with Crippen molar-refractivity contribution >= 4 is 17.3 Å². The number of hydrogen-bond acceptors (Lipinski definition) is 5. The van der Waals surface area contributed by atoms with Gasteiger partial charge in [-0.3, -0.25) is 4.79 Å². The average molecular weight is 259 g/mol. The second-order valence-electron chi connectivity index (χ2n) is 4.04. The van der Waals surface area contributed by atoms with Crippen LogP contribution in [0, 0.1) is 6.92 Å². The fourth-order valence-corrected chi connectivity index (χ4v) is 1.52. The summed E-state index contributed by atoms with van der Waals surface area (Å²) in [5, 5.41) is 18.1. The van der Waals surface area contributed by atoms with Crippen LogP contribution in [-0.4, -0.2) is 22.0 Å². The number of anilines is 1. The molecule has 1 amide bonds. The lowest BCUT2D eigenvalue weighted by atomic mass is 10.1. The van der Waals surface area contributed by atoms with Crippen molar-refractivity contribution in [1.82, 2.24) is 5.16 Å². The topological polar surface area (TPSA) is 87.7 Å². The van der Waals surface area contributed by atoms with E-state index in [0.717, 1.165) is 5.56 Å². The van der Waals surface area contributed by atoms with Gasteiger partial charge in [0.2, 0.25) is 0 Å². The molecule has 0 radical (unpaired) electrons. The fraction of sp³-hybridized carbons (Fsp3) is 0.154. The lowest BCUT2D eigenvalue weighted by molar-refractivity contribution is 0.101. The number of carbonyl (C=O) groups excluding carboxylic acids is 1. The van der Waals surface area contributed by atoms with E-state index in [1.54, 1.807) is 44.2 Å². The van der Waals surface area contributed by atoms with Gasteiger partial charge in [0.1, 0.15) is 5.76 Å². The molecule has 0 fully saturated rings. The second-order valence-corrected chi connectivity index (χ2v) is 4.04. The van der Waals surface area contributed by atoms with Crippen LogP contribution in [0.25, 0.3) is 0 Å². The maximum absolute atomic E-state index is 11.8. The van der Waals surface area contributed by atoms with Crippen LogP contribution in [0.4, 0.5) is 5.69 Å². The van der Waals surface area contributed by atoms with Crippen molar-refractivity contribution in [2.45, 2.75) is 13.8 Å². The molecule has 0 bridgehead atoms. The van der Waals surface area contributed by atoms with Crippen LogP contribution < -0.4 is 5.32 Å². The number of hydrogen-bond donors (Lipinski definition) is 2. The number of oxime groups is 1. The van der Waals surface area contributed by atoms with Crippen molar-refractivity contribution in [3.8, 4) is 0 Å². The standard InChI is InChI=1S/C13H13N3O3/c1-8-7-12(16-19-8)13(17)14-11-5-3-10(4-6-11)9(2)15-18/h3-7,18H,1-2H3,(H,14,17). The molecule has 0 unspecified atom stereocenters. The Bertz CT molecular complexity index is 614. The summed E-state index contributed by atoms with van der Waals surface area (Å²) >= 11 is 0. The minimum Gasteiger partial charge on any atom is -0.411 e. The molecule has 0 aliphatic heterocycles. The van der Waals surface area contributed by atoms with E-state index >= 15 is 0 Å². The summed E-state index contributed by atoms with van der Waals surface area (Å²) in [5.41, 5.74) is 2.14. The van der Waals surface area contributed by atoms with E-state index < -0.39 is 0 Å². The van der Waals surface area contributed by atoms with Crippen molar-refractivity contribution in [2.75, 3.05) is 5.32 Å². The van der Waals surface area contributed by atoms with Gasteiger partial charge in [0.25, 0.3) is 5.91 Å². The molecule has 0 spiro atoms. The molecule has 0 saturated heterocycles. The van der Waals surface area contributed by atoms with E-state index in [0.29, 0.717) is 17.2 Å². The number of amides is 1. The first-order valence-corrected chi connectivity index (χ1v) is 5.64. The average Bonchev–Trinajstić information content (AvgIpc) is 2.85. The maximum Gasteiger partial charge on any atom is 0.277 e. The molecule has 2 aromatic rings. The van der Waals surface area contributed by atoms with Crippen LogP contribution in [0.15, 0.2) is 40.0 Å². The first-order chi connectivity index (χ1) is 9.10. The van der Waals surface area contributed by atoms with Crippen LogP contribution in [0.5, 0.6) is 0 Å². The van der Waals surface area contributed by atoms with Crippen molar-refractivity contribution in [2.24, 2.45) is 5.16 Å². The number of rotatable bonds is 3. The van der Waals surface area contributed by atoms with Gasteiger partial charge in [0.05, 0.1) is 5.71 Å². The SMILES string of the molecule is CC(=NO)c1ccc(NC(=O)c2cc(C)on2)cc1. The van der Waals surface area contributed by atoms with E-state index in [1.165, 1.54) is 0 Å². The number of carbonyl (C=O) groups is 1. The van der Waals surface area contributed by atoms with Gasteiger partial charge >= 0.3 is 0 Å². The number of benzene rings is 1. The zero-order valence-corrected chi connectivity index (χ0v) is 10.5. The van der Waals surface area contributed by atoms with E-state index in [-0.39, 0.29) is 11.6 Å². The number of aromatic nitrogens is 1. The van der Waals surface area contributed by atoms with Gasteiger partial charge in [0.15, 0.2) is 5.69 Å². The molecule has 6 heteroatoms. The van der Waals surface area contributed by atoms with Crippen molar-refractivity contribution in [3.05, 3.63) is 47.3 Å². The molecule has 0 atom stereocenters. The largest absolute Gasteiger partial charge is 0.411 e. The minimum atomic E-state index is -0.336. The zero-order valence-electron chi connectivity index (χ0n) is 10.5. The number of nitrogens with one attached hydrogen (secondary N) is 1. The quantitative estimate of drug-likeness (QED) is 0.503. The third-order valence-corrected chi connectivity index (χ3v) is 2.57. The van der Waals surface area contributed by atoms with Crippen LogP contribution in [-0.2, 0) is 0 Å². The lowest BCUT2D eigenvalue weighted by Gasteiger charge is -2.04. The summed E-state index contributed by atoms with van der Waals surface area (Å²) in [6, 6.07) is 8.49. The lowest BCUT2D eigenvalue weighted by Crippen LogP contribution is -2.12. The molecule has 2 rings (SSSR count). The highest BCUT2D eigenvalue weighted by Gasteiger charge is 2.11. The summed E-state index contributed by atoms with van der Waals surface area (Å²) in [6.45, 7) is 3.40. The Labute approximate surface area is 109 Å². The van der Waals surface area contributed by atoms with Crippen LogP contribution in [0.2, 0.25) is 0 Å². The fourth-order valence-electron chi connectivity index (χ4n) is 1.52. The van der Waals surface area contributed by atoms with E-state index in [4.69, 9.17) is 9.73 Å². The van der Waals surface area contributed by atoms with Crippen LogP contribution in [0.1, 0.15) is 28.7 Å². The van der Waals surface area contributed by atoms with Gasteiger partial charge < -0.3 is 15.0 Å². The number of aryl methyl sites for hydroxylation is 1. The van der Waals surface area contributed by atoms with Crippen molar-refractivity contribution in [3.63, 3.8) is 0 Å². The Hall–Kier alpha value is -2.63. The number of nitrogens with zero attached hydrogens (tertiary/aromatic N) is 2. The predicted molar refractivity (Wildman–Crippen MR) is 69.6 cm³/mol. The van der Waals surface area contributed by atoms with Gasteiger partial charge in [-0.2, -0.15) is 0 Å². The molecule has 98 valence electrons. The molecule has 2 N–H and O–H groups in total. The third kappa shape index (κ3) is 2.98. The monoisotopic (exact) mass is 259 g/mol. The van der Waals surface area contributed by atoms with Crippen molar-refractivity contribution < 1.29 is 14.5 Å². The zero-order chi connectivity index (χ0) is 13.8. The first kappa shape index (κ1) is 12.8. The summed E-state index contributed by atoms with van der Waals surface area (Å²) < 4.78 is 4.83. The normalized spacial score (nSPS) is 11.4.